The maximum Gasteiger partial charge on any atom is 0.345 e. The van der Waals surface area contributed by atoms with Gasteiger partial charge in [-0.2, -0.15) is 0 Å². The Morgan fingerprint density at radius 2 is 1.73 bits per heavy atom. The molecule has 2 rings (SSSR count). The minimum atomic E-state index is -1.30. The summed E-state index contributed by atoms with van der Waals surface area (Å²) in [7, 11) is 3.00. The second-order valence-corrected chi connectivity index (χ2v) is 5.40. The van der Waals surface area contributed by atoms with Gasteiger partial charge in [-0.15, -0.1) is 0 Å². The lowest BCUT2D eigenvalue weighted by Crippen LogP contribution is -2.28. The number of esters is 1. The summed E-state index contributed by atoms with van der Waals surface area (Å²) >= 11 is 0. The molecule has 0 fully saturated rings. The molecule has 0 saturated heterocycles. The van der Waals surface area contributed by atoms with Gasteiger partial charge in [0.15, 0.2) is 11.5 Å². The predicted molar refractivity (Wildman–Crippen MR) is 96.2 cm³/mol. The normalized spacial score (nSPS) is 11.8. The van der Waals surface area contributed by atoms with Gasteiger partial charge in [0, 0.05) is 12.5 Å². The standard InChI is InChI=1S/C20H20O6/c1-24-16-10-8-15(12-17(16)25-2)13-18(20(22)23)26-19(21)11-9-14-6-4-3-5-7-14/h3-12,18H,13H2,1-2H3,(H,22,23)/b11-9+. The van der Waals surface area contributed by atoms with Crippen LogP contribution in [0.4, 0.5) is 0 Å². The molecule has 1 atom stereocenters. The van der Waals surface area contributed by atoms with Gasteiger partial charge in [-0.1, -0.05) is 36.4 Å². The van der Waals surface area contributed by atoms with E-state index in [4.69, 9.17) is 14.2 Å². The van der Waals surface area contributed by atoms with Gasteiger partial charge in [-0.05, 0) is 29.3 Å². The quantitative estimate of drug-likeness (QED) is 0.578. The Bertz CT molecular complexity index is 782. The lowest BCUT2D eigenvalue weighted by molar-refractivity contribution is -0.160. The van der Waals surface area contributed by atoms with E-state index >= 15 is 0 Å². The van der Waals surface area contributed by atoms with Gasteiger partial charge in [-0.3, -0.25) is 0 Å². The fourth-order valence-electron chi connectivity index (χ4n) is 2.31. The molecule has 26 heavy (non-hydrogen) atoms. The summed E-state index contributed by atoms with van der Waals surface area (Å²) in [5.74, 6) is -0.932. The first-order valence-corrected chi connectivity index (χ1v) is 7.91. The van der Waals surface area contributed by atoms with Gasteiger partial charge in [0.05, 0.1) is 14.2 Å². The van der Waals surface area contributed by atoms with Gasteiger partial charge < -0.3 is 19.3 Å². The molecule has 2 aromatic carbocycles. The maximum atomic E-state index is 11.9. The van der Waals surface area contributed by atoms with Crippen LogP contribution in [0, 0.1) is 0 Å². The number of benzene rings is 2. The first-order chi connectivity index (χ1) is 12.5. The summed E-state index contributed by atoms with van der Waals surface area (Å²) < 4.78 is 15.4. The van der Waals surface area contributed by atoms with E-state index in [9.17, 15) is 14.7 Å². The fourth-order valence-corrected chi connectivity index (χ4v) is 2.31. The van der Waals surface area contributed by atoms with Crippen LogP contribution < -0.4 is 9.47 Å². The van der Waals surface area contributed by atoms with Crippen molar-refractivity contribution < 1.29 is 28.9 Å². The Kier molecular flexibility index (Phi) is 6.79. The minimum Gasteiger partial charge on any atom is -0.493 e. The third-order valence-electron chi connectivity index (χ3n) is 3.61. The Hall–Kier alpha value is -3.28. The van der Waals surface area contributed by atoms with Crippen LogP contribution in [0.2, 0.25) is 0 Å². The minimum absolute atomic E-state index is 0.0145. The van der Waals surface area contributed by atoms with Crippen LogP contribution in [0.5, 0.6) is 11.5 Å². The molecule has 0 heterocycles. The van der Waals surface area contributed by atoms with Crippen LogP contribution in [0.25, 0.3) is 6.08 Å². The van der Waals surface area contributed by atoms with Crippen molar-refractivity contribution in [2.45, 2.75) is 12.5 Å². The second kappa shape index (κ2) is 9.27. The van der Waals surface area contributed by atoms with E-state index in [2.05, 4.69) is 0 Å². The van der Waals surface area contributed by atoms with Gasteiger partial charge in [0.2, 0.25) is 6.10 Å². The van der Waals surface area contributed by atoms with Crippen molar-refractivity contribution >= 4 is 18.0 Å². The highest BCUT2D eigenvalue weighted by atomic mass is 16.6. The highest BCUT2D eigenvalue weighted by Crippen LogP contribution is 2.28. The summed E-state index contributed by atoms with van der Waals surface area (Å²) in [5.41, 5.74) is 1.46. The van der Waals surface area contributed by atoms with Gasteiger partial charge >= 0.3 is 11.9 Å². The van der Waals surface area contributed by atoms with E-state index in [0.29, 0.717) is 17.1 Å². The number of carboxylic acids is 1. The van der Waals surface area contributed by atoms with Crippen molar-refractivity contribution in [3.8, 4) is 11.5 Å². The Labute approximate surface area is 151 Å². The average Bonchev–Trinajstić information content (AvgIpc) is 2.66. The van der Waals surface area contributed by atoms with Gasteiger partial charge in [0.25, 0.3) is 0 Å². The fraction of sp³-hybridized carbons (Fsp3) is 0.200. The molecule has 0 saturated carbocycles. The number of carbonyl (C=O) groups is 2. The van der Waals surface area contributed by atoms with E-state index in [1.807, 2.05) is 30.3 Å². The summed E-state index contributed by atoms with van der Waals surface area (Å²) in [4.78, 5) is 23.4. The molecule has 0 aliphatic rings. The van der Waals surface area contributed by atoms with Crippen molar-refractivity contribution in [3.63, 3.8) is 0 Å². The largest absolute Gasteiger partial charge is 0.493 e. The summed E-state index contributed by atoms with van der Waals surface area (Å²) in [6, 6.07) is 14.2. The number of hydrogen-bond donors (Lipinski definition) is 1. The van der Waals surface area contributed by atoms with Crippen LogP contribution in [-0.4, -0.2) is 37.4 Å². The van der Waals surface area contributed by atoms with Gasteiger partial charge in [-0.25, -0.2) is 9.59 Å². The van der Waals surface area contributed by atoms with E-state index < -0.39 is 18.0 Å². The van der Waals surface area contributed by atoms with Crippen LogP contribution >= 0.6 is 0 Å². The van der Waals surface area contributed by atoms with E-state index in [1.165, 1.54) is 20.3 Å². The van der Waals surface area contributed by atoms with Crippen molar-refractivity contribution in [3.05, 3.63) is 65.7 Å². The van der Waals surface area contributed by atoms with E-state index in [1.54, 1.807) is 24.3 Å². The van der Waals surface area contributed by atoms with Crippen LogP contribution in [0.1, 0.15) is 11.1 Å². The molecule has 2 aromatic rings. The highest BCUT2D eigenvalue weighted by molar-refractivity contribution is 5.89. The first kappa shape index (κ1) is 19.1. The molecule has 1 unspecified atom stereocenters. The summed E-state index contributed by atoms with van der Waals surface area (Å²) in [6.45, 7) is 0. The Morgan fingerprint density at radius 1 is 1.04 bits per heavy atom. The number of carbonyl (C=O) groups excluding carboxylic acids is 1. The van der Waals surface area contributed by atoms with Crippen LogP contribution in [-0.2, 0) is 20.7 Å². The zero-order valence-electron chi connectivity index (χ0n) is 14.5. The third-order valence-corrected chi connectivity index (χ3v) is 3.61. The summed E-state index contributed by atoms with van der Waals surface area (Å²) in [5, 5.41) is 9.34. The zero-order chi connectivity index (χ0) is 18.9. The smallest absolute Gasteiger partial charge is 0.345 e. The zero-order valence-corrected chi connectivity index (χ0v) is 14.5. The number of methoxy groups -OCH3 is 2. The summed E-state index contributed by atoms with van der Waals surface area (Å²) in [6.07, 6.45) is 1.49. The molecule has 0 radical (unpaired) electrons. The molecule has 0 aliphatic heterocycles. The maximum absolute atomic E-state index is 11.9. The monoisotopic (exact) mass is 356 g/mol. The lowest BCUT2D eigenvalue weighted by Gasteiger charge is -2.14. The molecule has 6 nitrogen and oxygen atoms in total. The van der Waals surface area contributed by atoms with E-state index in [-0.39, 0.29) is 6.42 Å². The third kappa shape index (κ3) is 5.37. The molecule has 6 heteroatoms. The second-order valence-electron chi connectivity index (χ2n) is 5.40. The molecule has 0 aliphatic carbocycles. The number of hydrogen-bond acceptors (Lipinski definition) is 5. The first-order valence-electron chi connectivity index (χ1n) is 7.91. The Balaban J connectivity index is 2.06. The van der Waals surface area contributed by atoms with Crippen molar-refractivity contribution in [2.75, 3.05) is 14.2 Å². The Morgan fingerprint density at radius 3 is 2.35 bits per heavy atom. The molecule has 0 amide bonds. The molecule has 0 aromatic heterocycles. The van der Waals surface area contributed by atoms with Crippen LogP contribution in [0.3, 0.4) is 0 Å². The van der Waals surface area contributed by atoms with Crippen molar-refractivity contribution in [1.82, 2.24) is 0 Å². The molecular formula is C20H20O6. The average molecular weight is 356 g/mol. The van der Waals surface area contributed by atoms with Gasteiger partial charge in [0.1, 0.15) is 0 Å². The number of rotatable bonds is 8. The number of aliphatic carboxylic acids is 1. The number of ether oxygens (including phenoxy) is 3. The SMILES string of the molecule is COc1ccc(CC(OC(=O)/C=C/c2ccccc2)C(=O)O)cc1OC. The molecule has 0 bridgehead atoms. The molecular weight excluding hydrogens is 336 g/mol. The highest BCUT2D eigenvalue weighted by Gasteiger charge is 2.22. The van der Waals surface area contributed by atoms with E-state index in [0.717, 1.165) is 5.56 Å². The number of carboxylic acid groups (broad SMARTS) is 1. The predicted octanol–water partition coefficient (Wildman–Crippen LogP) is 2.96. The van der Waals surface area contributed by atoms with Crippen molar-refractivity contribution in [1.29, 1.82) is 0 Å². The van der Waals surface area contributed by atoms with Crippen LogP contribution in [0.15, 0.2) is 54.6 Å². The van der Waals surface area contributed by atoms with Crippen molar-refractivity contribution in [2.24, 2.45) is 0 Å². The molecule has 1 N–H and O–H groups in total. The topological polar surface area (TPSA) is 82.1 Å². The molecule has 136 valence electrons. The molecule has 0 spiro atoms. The lowest BCUT2D eigenvalue weighted by atomic mass is 10.1.